The van der Waals surface area contributed by atoms with Crippen molar-refractivity contribution in [3.8, 4) is 0 Å². The minimum atomic E-state index is 0.164. The fourth-order valence-electron chi connectivity index (χ4n) is 2.24. The molecular weight excluding hydrogens is 200 g/mol. The number of likely N-dealkylation sites (tertiary alicyclic amines) is 1. The second-order valence-corrected chi connectivity index (χ2v) is 4.62. The Morgan fingerprint density at radius 3 is 2.62 bits per heavy atom. The normalized spacial score (nSPS) is 19.4. The fourth-order valence-corrected chi connectivity index (χ4v) is 2.24. The van der Waals surface area contributed by atoms with Gasteiger partial charge in [0.25, 0.3) is 0 Å². The quantitative estimate of drug-likeness (QED) is 0.772. The van der Waals surface area contributed by atoms with Crippen molar-refractivity contribution in [1.29, 1.82) is 0 Å². The molecule has 3 nitrogen and oxygen atoms in total. The van der Waals surface area contributed by atoms with E-state index in [0.29, 0.717) is 5.92 Å². The molecule has 1 aliphatic rings. The van der Waals surface area contributed by atoms with Gasteiger partial charge >= 0.3 is 0 Å². The maximum Gasteiger partial charge on any atom is 0.0445 e. The zero-order valence-corrected chi connectivity index (χ0v) is 9.55. The molecule has 0 aromatic heterocycles. The zero-order chi connectivity index (χ0) is 11.4. The molecule has 1 aliphatic heterocycles. The molecule has 1 saturated heterocycles. The fraction of sp³-hybridized carbons (Fsp3) is 0.538. The second-order valence-electron chi connectivity index (χ2n) is 4.62. The number of benzene rings is 1. The summed E-state index contributed by atoms with van der Waals surface area (Å²) in [5.41, 5.74) is 7.32. The molecule has 1 aromatic carbocycles. The van der Waals surface area contributed by atoms with Crippen molar-refractivity contribution >= 4 is 0 Å². The van der Waals surface area contributed by atoms with Crippen LogP contribution in [0.15, 0.2) is 30.3 Å². The molecule has 0 aliphatic carbocycles. The molecule has 0 radical (unpaired) electrons. The first kappa shape index (κ1) is 11.6. The van der Waals surface area contributed by atoms with E-state index in [1.807, 2.05) is 6.07 Å². The number of rotatable bonds is 5. The van der Waals surface area contributed by atoms with Crippen LogP contribution in [0.5, 0.6) is 0 Å². The Balaban J connectivity index is 1.73. The van der Waals surface area contributed by atoms with Gasteiger partial charge in [0.2, 0.25) is 0 Å². The summed E-state index contributed by atoms with van der Waals surface area (Å²) >= 11 is 0. The van der Waals surface area contributed by atoms with Gasteiger partial charge in [-0.3, -0.25) is 4.90 Å². The molecule has 88 valence electrons. The predicted octanol–water partition coefficient (Wildman–Crippen LogP) is 0.828. The number of nitrogens with two attached hydrogens (primary N) is 1. The molecule has 1 heterocycles. The minimum absolute atomic E-state index is 0.164. The molecule has 0 bridgehead atoms. The van der Waals surface area contributed by atoms with Crippen molar-refractivity contribution in [1.82, 2.24) is 4.90 Å². The van der Waals surface area contributed by atoms with Crippen molar-refractivity contribution in [3.05, 3.63) is 35.9 Å². The van der Waals surface area contributed by atoms with Crippen molar-refractivity contribution in [2.24, 2.45) is 11.7 Å². The van der Waals surface area contributed by atoms with Crippen molar-refractivity contribution < 1.29 is 5.11 Å². The lowest BCUT2D eigenvalue weighted by Crippen LogP contribution is -2.54. The molecule has 0 unspecified atom stereocenters. The number of hydrogen-bond acceptors (Lipinski definition) is 3. The van der Waals surface area contributed by atoms with Crippen LogP contribution in [-0.4, -0.2) is 35.7 Å². The molecule has 1 atom stereocenters. The van der Waals surface area contributed by atoms with Crippen molar-refractivity contribution in [3.63, 3.8) is 0 Å². The average molecular weight is 220 g/mol. The highest BCUT2D eigenvalue weighted by Gasteiger charge is 2.30. The SMILES string of the molecule is N[C@@H](CCO)C1CN(Cc2ccccc2)C1. The van der Waals surface area contributed by atoms with Gasteiger partial charge in [0.05, 0.1) is 0 Å². The maximum atomic E-state index is 8.81. The largest absolute Gasteiger partial charge is 0.396 e. The summed E-state index contributed by atoms with van der Waals surface area (Å²) < 4.78 is 0. The Bertz CT molecular complexity index is 309. The van der Waals surface area contributed by atoms with E-state index in [1.54, 1.807) is 0 Å². The average Bonchev–Trinajstić information content (AvgIpc) is 2.24. The molecule has 0 spiro atoms. The summed E-state index contributed by atoms with van der Waals surface area (Å²) in [6.45, 7) is 3.35. The highest BCUT2D eigenvalue weighted by atomic mass is 16.3. The van der Waals surface area contributed by atoms with Gasteiger partial charge in [0.15, 0.2) is 0 Å². The minimum Gasteiger partial charge on any atom is -0.396 e. The molecule has 3 heteroatoms. The topological polar surface area (TPSA) is 49.5 Å². The Kier molecular flexibility index (Phi) is 3.93. The Morgan fingerprint density at radius 1 is 1.31 bits per heavy atom. The van der Waals surface area contributed by atoms with Crippen LogP contribution in [-0.2, 0) is 6.54 Å². The monoisotopic (exact) mass is 220 g/mol. The first-order chi connectivity index (χ1) is 7.79. The summed E-state index contributed by atoms with van der Waals surface area (Å²) in [5, 5.41) is 8.81. The highest BCUT2D eigenvalue weighted by molar-refractivity contribution is 5.15. The van der Waals surface area contributed by atoms with E-state index in [9.17, 15) is 0 Å². The van der Waals surface area contributed by atoms with Crippen LogP contribution in [0.25, 0.3) is 0 Å². The van der Waals surface area contributed by atoms with Crippen LogP contribution in [0.2, 0.25) is 0 Å². The molecular formula is C13H20N2O. The number of aliphatic hydroxyl groups excluding tert-OH is 1. The number of nitrogens with zero attached hydrogens (tertiary/aromatic N) is 1. The van der Waals surface area contributed by atoms with Gasteiger partial charge in [-0.05, 0) is 17.9 Å². The molecule has 3 N–H and O–H groups in total. The molecule has 0 saturated carbocycles. The molecule has 1 fully saturated rings. The van der Waals surface area contributed by atoms with Gasteiger partial charge < -0.3 is 10.8 Å². The lowest BCUT2D eigenvalue weighted by molar-refractivity contribution is 0.0672. The molecule has 1 aromatic rings. The third-order valence-electron chi connectivity index (χ3n) is 3.30. The van der Waals surface area contributed by atoms with Crippen LogP contribution in [0.1, 0.15) is 12.0 Å². The van der Waals surface area contributed by atoms with E-state index in [-0.39, 0.29) is 12.6 Å². The molecule has 0 amide bonds. The lowest BCUT2D eigenvalue weighted by Gasteiger charge is -2.42. The Labute approximate surface area is 96.9 Å². The number of aliphatic hydroxyl groups is 1. The molecule has 2 rings (SSSR count). The second kappa shape index (κ2) is 5.43. The Morgan fingerprint density at radius 2 is 2.00 bits per heavy atom. The van der Waals surface area contributed by atoms with E-state index in [0.717, 1.165) is 26.1 Å². The predicted molar refractivity (Wildman–Crippen MR) is 64.9 cm³/mol. The van der Waals surface area contributed by atoms with E-state index >= 15 is 0 Å². The van der Waals surface area contributed by atoms with Gasteiger partial charge in [-0.1, -0.05) is 30.3 Å². The van der Waals surface area contributed by atoms with Gasteiger partial charge in [-0.25, -0.2) is 0 Å². The van der Waals surface area contributed by atoms with Crippen LogP contribution in [0.4, 0.5) is 0 Å². The van der Waals surface area contributed by atoms with E-state index in [2.05, 4.69) is 29.2 Å². The summed E-state index contributed by atoms with van der Waals surface area (Å²) in [6, 6.07) is 10.7. The lowest BCUT2D eigenvalue weighted by atomic mass is 9.90. The number of hydrogen-bond donors (Lipinski definition) is 2. The van der Waals surface area contributed by atoms with E-state index < -0.39 is 0 Å². The zero-order valence-electron chi connectivity index (χ0n) is 9.55. The highest BCUT2D eigenvalue weighted by Crippen LogP contribution is 2.21. The summed E-state index contributed by atoms with van der Waals surface area (Å²) in [7, 11) is 0. The van der Waals surface area contributed by atoms with Crippen molar-refractivity contribution in [2.45, 2.75) is 19.0 Å². The Hall–Kier alpha value is -0.900. The van der Waals surface area contributed by atoms with E-state index in [1.165, 1.54) is 5.56 Å². The maximum absolute atomic E-state index is 8.81. The first-order valence-electron chi connectivity index (χ1n) is 5.92. The van der Waals surface area contributed by atoms with Crippen LogP contribution >= 0.6 is 0 Å². The van der Waals surface area contributed by atoms with Gasteiger partial charge in [-0.2, -0.15) is 0 Å². The van der Waals surface area contributed by atoms with Gasteiger partial charge in [0.1, 0.15) is 0 Å². The smallest absolute Gasteiger partial charge is 0.0445 e. The first-order valence-corrected chi connectivity index (χ1v) is 5.92. The van der Waals surface area contributed by atoms with Crippen molar-refractivity contribution in [2.75, 3.05) is 19.7 Å². The third-order valence-corrected chi connectivity index (χ3v) is 3.30. The van der Waals surface area contributed by atoms with Crippen LogP contribution in [0.3, 0.4) is 0 Å². The van der Waals surface area contributed by atoms with Crippen LogP contribution in [0, 0.1) is 5.92 Å². The van der Waals surface area contributed by atoms with Gasteiger partial charge in [0, 0.05) is 32.3 Å². The van der Waals surface area contributed by atoms with E-state index in [4.69, 9.17) is 10.8 Å². The van der Waals surface area contributed by atoms with Crippen LogP contribution < -0.4 is 5.73 Å². The van der Waals surface area contributed by atoms with Gasteiger partial charge in [-0.15, -0.1) is 0 Å². The summed E-state index contributed by atoms with van der Waals surface area (Å²) in [5.74, 6) is 0.566. The summed E-state index contributed by atoms with van der Waals surface area (Å²) in [6.07, 6.45) is 0.726. The standard InChI is InChI=1S/C13H20N2O/c14-13(6-7-16)12-9-15(10-12)8-11-4-2-1-3-5-11/h1-5,12-13,16H,6-10,14H2/t13-/m0/s1. The molecule has 16 heavy (non-hydrogen) atoms. The summed E-state index contributed by atoms with van der Waals surface area (Å²) in [4.78, 5) is 2.40. The third kappa shape index (κ3) is 2.82.